The van der Waals surface area contributed by atoms with Crippen molar-refractivity contribution in [1.82, 2.24) is 15.0 Å². The molecule has 5 nitrogen and oxygen atoms in total. The van der Waals surface area contributed by atoms with Gasteiger partial charge in [0.15, 0.2) is 5.82 Å². The van der Waals surface area contributed by atoms with Crippen molar-refractivity contribution in [2.45, 2.75) is 50.5 Å². The minimum absolute atomic E-state index is 0.00262. The summed E-state index contributed by atoms with van der Waals surface area (Å²) in [5.74, 6) is 2.16. The summed E-state index contributed by atoms with van der Waals surface area (Å²) in [7, 11) is 0. The Morgan fingerprint density at radius 1 is 1.42 bits per heavy atom. The Kier molecular flexibility index (Phi) is 3.86. The molecule has 1 saturated carbocycles. The van der Waals surface area contributed by atoms with Gasteiger partial charge >= 0.3 is 0 Å². The summed E-state index contributed by atoms with van der Waals surface area (Å²) in [6.45, 7) is 0.812. The second-order valence-electron chi connectivity index (χ2n) is 5.30. The van der Waals surface area contributed by atoms with Crippen LogP contribution in [-0.2, 0) is 4.79 Å². The SMILES string of the molecule is O=C(CCCBr)N1CCCC1c1nc(C2CC2)no1. The van der Waals surface area contributed by atoms with Crippen LogP contribution in [0.3, 0.4) is 0 Å². The van der Waals surface area contributed by atoms with E-state index in [1.807, 2.05) is 4.90 Å². The Labute approximate surface area is 120 Å². The number of alkyl halides is 1. The molecule has 0 radical (unpaired) electrons. The maximum absolute atomic E-state index is 12.2. The van der Waals surface area contributed by atoms with Crippen LogP contribution in [0.15, 0.2) is 4.52 Å². The smallest absolute Gasteiger partial charge is 0.249 e. The number of hydrogen-bond donors (Lipinski definition) is 0. The van der Waals surface area contributed by atoms with Gasteiger partial charge in [-0.25, -0.2) is 0 Å². The van der Waals surface area contributed by atoms with E-state index < -0.39 is 0 Å². The van der Waals surface area contributed by atoms with Gasteiger partial charge in [0.25, 0.3) is 0 Å². The molecule has 1 aliphatic heterocycles. The second kappa shape index (κ2) is 5.61. The number of amides is 1. The maximum atomic E-state index is 12.2. The van der Waals surface area contributed by atoms with Gasteiger partial charge in [0, 0.05) is 24.2 Å². The van der Waals surface area contributed by atoms with E-state index in [1.165, 1.54) is 0 Å². The molecule has 0 bridgehead atoms. The highest BCUT2D eigenvalue weighted by atomic mass is 79.9. The Morgan fingerprint density at radius 3 is 3.00 bits per heavy atom. The molecule has 0 aromatic carbocycles. The number of likely N-dealkylation sites (tertiary alicyclic amines) is 1. The first-order valence-electron chi connectivity index (χ1n) is 6.98. The normalized spacial score (nSPS) is 23.0. The van der Waals surface area contributed by atoms with Gasteiger partial charge in [-0.05, 0) is 32.1 Å². The zero-order valence-electron chi connectivity index (χ0n) is 10.8. The molecule has 1 aromatic rings. The van der Waals surface area contributed by atoms with Crippen LogP contribution in [0.4, 0.5) is 0 Å². The Balaban J connectivity index is 1.68. The fourth-order valence-corrected chi connectivity index (χ4v) is 2.85. The fourth-order valence-electron chi connectivity index (χ4n) is 2.57. The largest absolute Gasteiger partial charge is 0.337 e. The third-order valence-corrected chi connectivity index (χ3v) is 4.34. The van der Waals surface area contributed by atoms with Crippen molar-refractivity contribution < 1.29 is 9.32 Å². The molecule has 0 spiro atoms. The monoisotopic (exact) mass is 327 g/mol. The van der Waals surface area contributed by atoms with Gasteiger partial charge in [-0.15, -0.1) is 0 Å². The number of carbonyl (C=O) groups is 1. The highest BCUT2D eigenvalue weighted by molar-refractivity contribution is 9.09. The van der Waals surface area contributed by atoms with Crippen molar-refractivity contribution >= 4 is 21.8 Å². The lowest BCUT2D eigenvalue weighted by Crippen LogP contribution is -2.30. The number of rotatable bonds is 5. The lowest BCUT2D eigenvalue weighted by molar-refractivity contribution is -0.132. The fraction of sp³-hybridized carbons (Fsp3) is 0.769. The molecule has 104 valence electrons. The zero-order valence-corrected chi connectivity index (χ0v) is 12.4. The highest BCUT2D eigenvalue weighted by Crippen LogP contribution is 2.39. The predicted octanol–water partition coefficient (Wildman–Crippen LogP) is 2.79. The second-order valence-corrected chi connectivity index (χ2v) is 6.10. The molecule has 19 heavy (non-hydrogen) atoms. The van der Waals surface area contributed by atoms with Crippen molar-refractivity contribution in [3.63, 3.8) is 0 Å². The van der Waals surface area contributed by atoms with Gasteiger partial charge < -0.3 is 9.42 Å². The molecule has 0 N–H and O–H groups in total. The highest BCUT2D eigenvalue weighted by Gasteiger charge is 2.35. The van der Waals surface area contributed by atoms with Crippen LogP contribution >= 0.6 is 15.9 Å². The molecule has 2 heterocycles. The number of nitrogens with zero attached hydrogens (tertiary/aromatic N) is 3. The van der Waals surface area contributed by atoms with Gasteiger partial charge in [-0.2, -0.15) is 4.98 Å². The first-order valence-corrected chi connectivity index (χ1v) is 8.10. The zero-order chi connectivity index (χ0) is 13.2. The van der Waals surface area contributed by atoms with Crippen molar-refractivity contribution in [3.05, 3.63) is 11.7 Å². The van der Waals surface area contributed by atoms with Crippen LogP contribution in [0.5, 0.6) is 0 Å². The van der Waals surface area contributed by atoms with Gasteiger partial charge in [0.1, 0.15) is 6.04 Å². The molecule has 1 amide bonds. The number of aromatic nitrogens is 2. The summed E-state index contributed by atoms with van der Waals surface area (Å²) < 4.78 is 5.37. The molecule has 1 saturated heterocycles. The van der Waals surface area contributed by atoms with E-state index >= 15 is 0 Å². The number of halogens is 1. The molecule has 1 aromatic heterocycles. The molecule has 2 fully saturated rings. The van der Waals surface area contributed by atoms with E-state index in [0.29, 0.717) is 18.2 Å². The Hall–Kier alpha value is -0.910. The first kappa shape index (κ1) is 13.1. The summed E-state index contributed by atoms with van der Waals surface area (Å²) in [5.41, 5.74) is 0. The molecular weight excluding hydrogens is 310 g/mol. The van der Waals surface area contributed by atoms with E-state index in [-0.39, 0.29) is 11.9 Å². The average molecular weight is 328 g/mol. The topological polar surface area (TPSA) is 59.2 Å². The average Bonchev–Trinajstić information content (AvgIpc) is 2.96. The van der Waals surface area contributed by atoms with Gasteiger partial charge in [0.05, 0.1) is 0 Å². The minimum Gasteiger partial charge on any atom is -0.337 e. The van der Waals surface area contributed by atoms with Crippen LogP contribution in [0.1, 0.15) is 62.2 Å². The van der Waals surface area contributed by atoms with Crippen molar-refractivity contribution in [2.24, 2.45) is 0 Å². The van der Waals surface area contributed by atoms with Gasteiger partial charge in [-0.1, -0.05) is 21.1 Å². The summed E-state index contributed by atoms with van der Waals surface area (Å²) in [6, 6.07) is 0.00262. The van der Waals surface area contributed by atoms with Crippen LogP contribution in [0.25, 0.3) is 0 Å². The van der Waals surface area contributed by atoms with Crippen LogP contribution in [0, 0.1) is 0 Å². The van der Waals surface area contributed by atoms with E-state index in [1.54, 1.807) is 0 Å². The van der Waals surface area contributed by atoms with Crippen LogP contribution < -0.4 is 0 Å². The maximum Gasteiger partial charge on any atom is 0.249 e. The van der Waals surface area contributed by atoms with Gasteiger partial charge in [-0.3, -0.25) is 4.79 Å². The van der Waals surface area contributed by atoms with Crippen molar-refractivity contribution in [2.75, 3.05) is 11.9 Å². The standard InChI is InChI=1S/C13H18BrN3O2/c14-7-1-4-11(18)17-8-2-3-10(17)13-15-12(16-19-13)9-5-6-9/h9-10H,1-8H2. The number of carbonyl (C=O) groups excluding carboxylic acids is 1. The summed E-state index contributed by atoms with van der Waals surface area (Å²) >= 11 is 3.36. The van der Waals surface area contributed by atoms with E-state index in [2.05, 4.69) is 26.1 Å². The quantitative estimate of drug-likeness (QED) is 0.780. The molecule has 6 heteroatoms. The summed E-state index contributed by atoms with van der Waals surface area (Å²) in [4.78, 5) is 18.6. The van der Waals surface area contributed by atoms with E-state index in [0.717, 1.165) is 49.8 Å². The molecule has 2 aliphatic rings. The van der Waals surface area contributed by atoms with Crippen LogP contribution in [0.2, 0.25) is 0 Å². The Bertz CT molecular complexity index is 458. The van der Waals surface area contributed by atoms with Gasteiger partial charge in [0.2, 0.25) is 11.8 Å². The van der Waals surface area contributed by atoms with E-state index in [9.17, 15) is 4.79 Å². The van der Waals surface area contributed by atoms with Crippen LogP contribution in [-0.4, -0.2) is 32.8 Å². The first-order chi connectivity index (χ1) is 9.29. The molecular formula is C13H18BrN3O2. The molecule has 1 aliphatic carbocycles. The molecule has 1 atom stereocenters. The third-order valence-electron chi connectivity index (χ3n) is 3.78. The minimum atomic E-state index is 0.00262. The number of hydrogen-bond acceptors (Lipinski definition) is 4. The summed E-state index contributed by atoms with van der Waals surface area (Å²) in [5, 5.41) is 4.91. The molecule has 3 rings (SSSR count). The summed E-state index contributed by atoms with van der Waals surface area (Å²) in [6.07, 6.45) is 5.75. The third kappa shape index (κ3) is 2.83. The Morgan fingerprint density at radius 2 is 2.26 bits per heavy atom. The lowest BCUT2D eigenvalue weighted by Gasteiger charge is -2.21. The van der Waals surface area contributed by atoms with Crippen molar-refractivity contribution in [3.8, 4) is 0 Å². The lowest BCUT2D eigenvalue weighted by atomic mass is 10.2. The van der Waals surface area contributed by atoms with E-state index in [4.69, 9.17) is 4.52 Å². The van der Waals surface area contributed by atoms with Crippen molar-refractivity contribution in [1.29, 1.82) is 0 Å². The molecule has 1 unspecified atom stereocenters. The predicted molar refractivity (Wildman–Crippen MR) is 73.0 cm³/mol.